The van der Waals surface area contributed by atoms with Crippen molar-refractivity contribution < 1.29 is 40.7 Å². The van der Waals surface area contributed by atoms with Crippen molar-refractivity contribution in [2.75, 3.05) is 56.0 Å². The summed E-state index contributed by atoms with van der Waals surface area (Å²) >= 11 is 0. The van der Waals surface area contributed by atoms with Crippen LogP contribution in [0.2, 0.25) is 0 Å². The average Bonchev–Trinajstić information content (AvgIpc) is 2.89. The maximum atomic E-state index is 13.1. The zero-order chi connectivity index (χ0) is 29.1. The quantitative estimate of drug-likeness (QED) is 0.521. The minimum absolute atomic E-state index is 0.0601. The molecule has 14 heteroatoms. The normalized spacial score (nSPS) is 18.9. The number of carbonyl (C=O) groups is 3. The van der Waals surface area contributed by atoms with E-state index in [2.05, 4.69) is 10.6 Å². The first kappa shape index (κ1) is 29.2. The van der Waals surface area contributed by atoms with E-state index >= 15 is 0 Å². The van der Waals surface area contributed by atoms with E-state index in [0.29, 0.717) is 31.9 Å². The number of nitrogens with zero attached hydrogens (tertiary/aromatic N) is 3. The van der Waals surface area contributed by atoms with E-state index in [1.54, 1.807) is 11.0 Å². The summed E-state index contributed by atoms with van der Waals surface area (Å²) in [6, 6.07) is 7.97. The fourth-order valence-electron chi connectivity index (χ4n) is 4.70. The fourth-order valence-corrected chi connectivity index (χ4v) is 4.70. The summed E-state index contributed by atoms with van der Waals surface area (Å²) in [4.78, 5) is 43.2. The number of piperazine rings is 2. The van der Waals surface area contributed by atoms with Crippen molar-refractivity contribution in [2.24, 2.45) is 0 Å². The monoisotopic (exact) mass is 571 g/mol. The zero-order valence-corrected chi connectivity index (χ0v) is 21.2. The van der Waals surface area contributed by atoms with Crippen LogP contribution in [-0.4, -0.2) is 79.4 Å². The smallest absolute Gasteiger partial charge is 0.369 e. The van der Waals surface area contributed by atoms with Crippen LogP contribution in [0.1, 0.15) is 17.5 Å². The summed E-state index contributed by atoms with van der Waals surface area (Å²) in [5.74, 6) is -1.68. The van der Waals surface area contributed by atoms with Crippen molar-refractivity contribution in [2.45, 2.75) is 24.8 Å². The Morgan fingerprint density at radius 2 is 1.50 bits per heavy atom. The minimum Gasteiger partial charge on any atom is -0.369 e. The van der Waals surface area contributed by atoms with Crippen LogP contribution in [0.4, 0.5) is 37.7 Å². The molecule has 216 valence electrons. The summed E-state index contributed by atoms with van der Waals surface area (Å²) in [5, 5.41) is 4.95. The molecule has 2 aromatic rings. The number of halogens is 6. The van der Waals surface area contributed by atoms with E-state index in [4.69, 9.17) is 0 Å². The third-order valence-corrected chi connectivity index (χ3v) is 6.77. The molecule has 2 aromatic carbocycles. The first-order chi connectivity index (χ1) is 18.8. The molecule has 0 spiro atoms. The third-order valence-electron chi connectivity index (χ3n) is 6.77. The van der Waals surface area contributed by atoms with Gasteiger partial charge in [-0.1, -0.05) is 12.1 Å². The Hall–Kier alpha value is -3.81. The molecule has 0 unspecified atom stereocenters. The van der Waals surface area contributed by atoms with Gasteiger partial charge in [0.25, 0.3) is 0 Å². The van der Waals surface area contributed by atoms with E-state index < -0.39 is 53.7 Å². The number of benzene rings is 2. The van der Waals surface area contributed by atoms with E-state index in [1.165, 1.54) is 17.0 Å². The number of rotatable bonds is 6. The Morgan fingerprint density at radius 1 is 0.875 bits per heavy atom. The van der Waals surface area contributed by atoms with Crippen molar-refractivity contribution in [3.63, 3.8) is 0 Å². The Morgan fingerprint density at radius 3 is 2.15 bits per heavy atom. The highest BCUT2D eigenvalue weighted by atomic mass is 19.4. The van der Waals surface area contributed by atoms with Crippen LogP contribution in [0.3, 0.4) is 0 Å². The molecule has 0 aromatic heterocycles. The lowest BCUT2D eigenvalue weighted by Gasteiger charge is -2.39. The molecule has 0 saturated carbocycles. The standard InChI is InChI=1S/C26H27F6N5O3/c27-25(28,29)17-3-1-5-19(13-17)34-22(38)15-21-24(40)33-7-8-37(21)23(39)16-35-9-11-36(12-10-35)20-6-2-4-18(14-20)26(30,31)32/h1-6,13-14,21H,7-12,15-16H2,(H,33,40)(H,34,38)/t21-/m0/s1. The van der Waals surface area contributed by atoms with Crippen molar-refractivity contribution in [1.29, 1.82) is 0 Å². The number of carbonyl (C=O) groups excluding carboxylic acids is 3. The lowest BCUT2D eigenvalue weighted by Crippen LogP contribution is -2.60. The predicted molar refractivity (Wildman–Crippen MR) is 133 cm³/mol. The van der Waals surface area contributed by atoms with Gasteiger partial charge in [-0.05, 0) is 36.4 Å². The molecule has 8 nitrogen and oxygen atoms in total. The molecule has 2 N–H and O–H groups in total. The number of amides is 3. The van der Waals surface area contributed by atoms with Crippen LogP contribution in [0.25, 0.3) is 0 Å². The minimum atomic E-state index is -4.59. The topological polar surface area (TPSA) is 85.0 Å². The van der Waals surface area contributed by atoms with E-state index in [0.717, 1.165) is 30.3 Å². The van der Waals surface area contributed by atoms with Crippen LogP contribution in [0, 0.1) is 0 Å². The number of hydrogen-bond donors (Lipinski definition) is 2. The molecule has 3 amide bonds. The summed E-state index contributed by atoms with van der Waals surface area (Å²) in [5.41, 5.74) is -1.34. The molecule has 2 aliphatic heterocycles. The molecule has 2 fully saturated rings. The number of nitrogens with one attached hydrogen (secondary N) is 2. The van der Waals surface area contributed by atoms with Crippen LogP contribution < -0.4 is 15.5 Å². The molecule has 0 radical (unpaired) electrons. The molecule has 40 heavy (non-hydrogen) atoms. The maximum Gasteiger partial charge on any atom is 0.416 e. The summed E-state index contributed by atoms with van der Waals surface area (Å²) in [6.07, 6.45) is -9.49. The first-order valence-electron chi connectivity index (χ1n) is 12.5. The van der Waals surface area contributed by atoms with Gasteiger partial charge in [0.2, 0.25) is 17.7 Å². The largest absolute Gasteiger partial charge is 0.416 e. The van der Waals surface area contributed by atoms with Crippen LogP contribution in [0.15, 0.2) is 48.5 Å². The van der Waals surface area contributed by atoms with E-state index in [9.17, 15) is 40.7 Å². The highest BCUT2D eigenvalue weighted by Gasteiger charge is 2.36. The Balaban J connectivity index is 1.34. The molecule has 4 rings (SSSR count). The second-order valence-electron chi connectivity index (χ2n) is 9.54. The van der Waals surface area contributed by atoms with Crippen LogP contribution in [-0.2, 0) is 26.7 Å². The van der Waals surface area contributed by atoms with Gasteiger partial charge in [-0.3, -0.25) is 19.3 Å². The first-order valence-corrected chi connectivity index (χ1v) is 12.5. The van der Waals surface area contributed by atoms with Gasteiger partial charge in [0, 0.05) is 50.6 Å². The van der Waals surface area contributed by atoms with Crippen molar-refractivity contribution in [1.82, 2.24) is 15.1 Å². The average molecular weight is 572 g/mol. The molecule has 0 bridgehead atoms. The summed E-state index contributed by atoms with van der Waals surface area (Å²) < 4.78 is 78.1. The van der Waals surface area contributed by atoms with Gasteiger partial charge in [-0.15, -0.1) is 0 Å². The second-order valence-corrected chi connectivity index (χ2v) is 9.54. The lowest BCUT2D eigenvalue weighted by molar-refractivity contribution is -0.145. The number of hydrogen-bond acceptors (Lipinski definition) is 5. The van der Waals surface area contributed by atoms with Crippen molar-refractivity contribution in [3.8, 4) is 0 Å². The van der Waals surface area contributed by atoms with Crippen LogP contribution >= 0.6 is 0 Å². The SMILES string of the molecule is O=C(C[C@H]1C(=O)NCCN1C(=O)CN1CCN(c2cccc(C(F)(F)F)c2)CC1)Nc1cccc(C(F)(F)F)c1. The van der Waals surface area contributed by atoms with E-state index in [1.807, 2.05) is 4.90 Å². The Kier molecular flexibility index (Phi) is 8.57. The molecular formula is C26H27F6N5O3. The van der Waals surface area contributed by atoms with Gasteiger partial charge >= 0.3 is 12.4 Å². The lowest BCUT2D eigenvalue weighted by atomic mass is 10.1. The zero-order valence-electron chi connectivity index (χ0n) is 21.2. The molecule has 2 saturated heterocycles. The molecule has 2 aliphatic rings. The summed E-state index contributed by atoms with van der Waals surface area (Å²) in [7, 11) is 0. The number of anilines is 2. The highest BCUT2D eigenvalue weighted by Crippen LogP contribution is 2.32. The molecule has 1 atom stereocenters. The highest BCUT2D eigenvalue weighted by molar-refractivity contribution is 5.97. The number of alkyl halides is 6. The summed E-state index contributed by atoms with van der Waals surface area (Å²) in [6.45, 7) is 1.83. The van der Waals surface area contributed by atoms with Crippen LogP contribution in [0.5, 0.6) is 0 Å². The van der Waals surface area contributed by atoms with Crippen molar-refractivity contribution >= 4 is 29.1 Å². The fraction of sp³-hybridized carbons (Fsp3) is 0.423. The molecule has 2 heterocycles. The van der Waals surface area contributed by atoms with E-state index in [-0.39, 0.29) is 25.3 Å². The Bertz CT molecular complexity index is 1240. The maximum absolute atomic E-state index is 13.1. The predicted octanol–water partition coefficient (Wildman–Crippen LogP) is 3.20. The van der Waals surface area contributed by atoms with Gasteiger partial charge in [-0.2, -0.15) is 26.3 Å². The van der Waals surface area contributed by atoms with Gasteiger partial charge in [0.15, 0.2) is 0 Å². The van der Waals surface area contributed by atoms with Gasteiger partial charge < -0.3 is 20.4 Å². The molecule has 0 aliphatic carbocycles. The third kappa shape index (κ3) is 7.23. The van der Waals surface area contributed by atoms with Gasteiger partial charge in [0.05, 0.1) is 24.1 Å². The van der Waals surface area contributed by atoms with Crippen molar-refractivity contribution in [3.05, 3.63) is 59.7 Å². The Labute approximate surface area is 225 Å². The van der Waals surface area contributed by atoms with Gasteiger partial charge in [-0.25, -0.2) is 0 Å². The second kappa shape index (κ2) is 11.7. The molecular weight excluding hydrogens is 544 g/mol. The van der Waals surface area contributed by atoms with Gasteiger partial charge in [0.1, 0.15) is 6.04 Å².